The minimum absolute atomic E-state index is 0.246. The fourth-order valence-electron chi connectivity index (χ4n) is 1.56. The van der Waals surface area contributed by atoms with Crippen LogP contribution in [0.1, 0.15) is 26.3 Å². The van der Waals surface area contributed by atoms with Gasteiger partial charge in [-0.15, -0.1) is 0 Å². The number of hydrogen-bond donors (Lipinski definition) is 1. The topological polar surface area (TPSA) is 50.8 Å². The molecule has 0 spiro atoms. The number of alkyl carbamates (subject to hydrolysis) is 1. The molecule has 23 heavy (non-hydrogen) atoms. The van der Waals surface area contributed by atoms with Crippen LogP contribution >= 0.6 is 0 Å². The van der Waals surface area contributed by atoms with E-state index in [1.165, 1.54) is 0 Å². The third-order valence-corrected chi connectivity index (χ3v) is 2.61. The van der Waals surface area contributed by atoms with Gasteiger partial charge in [-0.1, -0.05) is 11.8 Å². The van der Waals surface area contributed by atoms with Crippen molar-refractivity contribution in [2.24, 2.45) is 0 Å². The number of likely N-dealkylation sites (N-methyl/N-ethyl adjacent to an activating group) is 1. The Bertz CT molecular complexity index is 548. The number of nitrogens with one attached hydrogen (secondary N) is 1. The van der Waals surface area contributed by atoms with Gasteiger partial charge in [-0.25, -0.2) is 4.79 Å². The van der Waals surface area contributed by atoms with Crippen LogP contribution in [0.3, 0.4) is 0 Å². The Morgan fingerprint density at radius 1 is 1.22 bits per heavy atom. The molecule has 0 aliphatic carbocycles. The lowest BCUT2D eigenvalue weighted by molar-refractivity contribution is 0.0535. The fraction of sp³-hybridized carbons (Fsp3) is 0.500. The first-order valence-corrected chi connectivity index (χ1v) is 7.59. The van der Waals surface area contributed by atoms with Crippen molar-refractivity contribution >= 4 is 6.09 Å². The number of amides is 1. The number of ether oxygens (including phenoxy) is 2. The molecule has 0 saturated heterocycles. The Kier molecular flexibility index (Phi) is 7.43. The van der Waals surface area contributed by atoms with Crippen LogP contribution in [-0.2, 0) is 4.74 Å². The van der Waals surface area contributed by atoms with E-state index in [0.717, 1.165) is 17.9 Å². The predicted molar refractivity (Wildman–Crippen MR) is 91.6 cm³/mol. The van der Waals surface area contributed by atoms with Crippen LogP contribution in [0, 0.1) is 11.8 Å². The molecule has 0 aliphatic rings. The first-order valence-electron chi connectivity index (χ1n) is 7.59. The summed E-state index contributed by atoms with van der Waals surface area (Å²) in [7, 11) is 4.01. The van der Waals surface area contributed by atoms with E-state index in [1.54, 1.807) is 0 Å². The zero-order valence-corrected chi connectivity index (χ0v) is 14.6. The highest BCUT2D eigenvalue weighted by atomic mass is 16.6. The van der Waals surface area contributed by atoms with E-state index in [0.29, 0.717) is 6.61 Å². The molecule has 0 fully saturated rings. The lowest BCUT2D eigenvalue weighted by Gasteiger charge is -2.18. The molecule has 126 valence electrons. The number of carbonyl (C=O) groups is 1. The summed E-state index contributed by atoms with van der Waals surface area (Å²) in [4.78, 5) is 13.5. The maximum atomic E-state index is 11.4. The molecule has 5 nitrogen and oxygen atoms in total. The van der Waals surface area contributed by atoms with E-state index in [4.69, 9.17) is 9.47 Å². The normalized spacial score (nSPS) is 10.7. The van der Waals surface area contributed by atoms with Crippen molar-refractivity contribution < 1.29 is 14.3 Å². The average Bonchev–Trinajstić information content (AvgIpc) is 2.43. The van der Waals surface area contributed by atoms with Crippen molar-refractivity contribution in [1.82, 2.24) is 10.2 Å². The molecule has 0 unspecified atom stereocenters. The van der Waals surface area contributed by atoms with Gasteiger partial charge in [0.25, 0.3) is 0 Å². The maximum Gasteiger partial charge on any atom is 0.408 e. The molecule has 5 heteroatoms. The standard InChI is InChI=1S/C18H26N2O3/c1-18(2,3)23-17(21)19-12-6-7-15-8-10-16(11-9-15)22-14-13-20(4)5/h8-11H,12-14H2,1-5H3,(H,19,21). The molecule has 0 radical (unpaired) electrons. The highest BCUT2D eigenvalue weighted by Gasteiger charge is 2.14. The highest BCUT2D eigenvalue weighted by molar-refractivity contribution is 5.68. The van der Waals surface area contributed by atoms with Crippen molar-refractivity contribution in [3.63, 3.8) is 0 Å². The summed E-state index contributed by atoms with van der Waals surface area (Å²) in [6.07, 6.45) is -0.462. The summed E-state index contributed by atoms with van der Waals surface area (Å²) in [6, 6.07) is 7.57. The van der Waals surface area contributed by atoms with E-state index in [-0.39, 0.29) is 6.54 Å². The molecule has 0 aromatic heterocycles. The predicted octanol–water partition coefficient (Wildman–Crippen LogP) is 2.50. The van der Waals surface area contributed by atoms with Crippen molar-refractivity contribution in [1.29, 1.82) is 0 Å². The van der Waals surface area contributed by atoms with Gasteiger partial charge in [0.2, 0.25) is 0 Å². The van der Waals surface area contributed by atoms with E-state index in [2.05, 4.69) is 22.1 Å². The zero-order valence-electron chi connectivity index (χ0n) is 14.6. The van der Waals surface area contributed by atoms with Crippen molar-refractivity contribution in [3.05, 3.63) is 29.8 Å². The third-order valence-electron chi connectivity index (χ3n) is 2.61. The van der Waals surface area contributed by atoms with Crippen LogP contribution in [0.25, 0.3) is 0 Å². The lowest BCUT2D eigenvalue weighted by Crippen LogP contribution is -2.32. The molecule has 0 heterocycles. The molecule has 0 bridgehead atoms. The lowest BCUT2D eigenvalue weighted by atomic mass is 10.2. The molecule has 1 aromatic rings. The summed E-state index contributed by atoms with van der Waals surface area (Å²) in [5, 5.41) is 2.60. The molecule has 1 aromatic carbocycles. The summed E-state index contributed by atoms with van der Waals surface area (Å²) < 4.78 is 10.7. The van der Waals surface area contributed by atoms with E-state index >= 15 is 0 Å². The van der Waals surface area contributed by atoms with Gasteiger partial charge >= 0.3 is 6.09 Å². The largest absolute Gasteiger partial charge is 0.492 e. The molecular formula is C18H26N2O3. The second-order valence-corrected chi connectivity index (χ2v) is 6.33. The summed E-state index contributed by atoms with van der Waals surface area (Å²) >= 11 is 0. The van der Waals surface area contributed by atoms with E-state index < -0.39 is 11.7 Å². The average molecular weight is 318 g/mol. The van der Waals surface area contributed by atoms with Crippen LogP contribution in [-0.4, -0.2) is 50.4 Å². The Morgan fingerprint density at radius 2 is 1.87 bits per heavy atom. The minimum Gasteiger partial charge on any atom is -0.492 e. The Hall–Kier alpha value is -2.19. The molecule has 1 amide bonds. The minimum atomic E-state index is -0.500. The summed E-state index contributed by atoms with van der Waals surface area (Å²) in [5.74, 6) is 6.69. The van der Waals surface area contributed by atoms with Crippen LogP contribution in [0.5, 0.6) is 5.75 Å². The monoisotopic (exact) mass is 318 g/mol. The Balaban J connectivity index is 2.37. The fourth-order valence-corrected chi connectivity index (χ4v) is 1.56. The second kappa shape index (κ2) is 9.06. The van der Waals surface area contributed by atoms with Gasteiger partial charge in [-0.2, -0.15) is 0 Å². The molecule has 0 saturated carbocycles. The van der Waals surface area contributed by atoms with Gasteiger partial charge in [-0.3, -0.25) is 0 Å². The molecule has 0 aliphatic heterocycles. The first kappa shape index (κ1) is 18.9. The second-order valence-electron chi connectivity index (χ2n) is 6.33. The van der Waals surface area contributed by atoms with Crippen LogP contribution < -0.4 is 10.1 Å². The van der Waals surface area contributed by atoms with Crippen molar-refractivity contribution in [2.75, 3.05) is 33.8 Å². The number of benzene rings is 1. The van der Waals surface area contributed by atoms with Gasteiger partial charge < -0.3 is 19.7 Å². The smallest absolute Gasteiger partial charge is 0.408 e. The van der Waals surface area contributed by atoms with Gasteiger partial charge in [0, 0.05) is 12.1 Å². The molecule has 1 rings (SSSR count). The summed E-state index contributed by atoms with van der Waals surface area (Å²) in [6.45, 7) is 7.23. The molecule has 0 atom stereocenters. The van der Waals surface area contributed by atoms with Gasteiger partial charge in [0.15, 0.2) is 0 Å². The number of rotatable bonds is 5. The Morgan fingerprint density at radius 3 is 2.43 bits per heavy atom. The molecule has 1 N–H and O–H groups in total. The third kappa shape index (κ3) is 9.43. The van der Waals surface area contributed by atoms with Crippen LogP contribution in [0.4, 0.5) is 4.79 Å². The number of nitrogens with zero attached hydrogens (tertiary/aromatic N) is 1. The van der Waals surface area contributed by atoms with Gasteiger partial charge in [-0.05, 0) is 59.1 Å². The van der Waals surface area contributed by atoms with Crippen molar-refractivity contribution in [3.8, 4) is 17.6 Å². The van der Waals surface area contributed by atoms with Crippen LogP contribution in [0.15, 0.2) is 24.3 Å². The van der Waals surface area contributed by atoms with Gasteiger partial charge in [0.1, 0.15) is 18.0 Å². The quantitative estimate of drug-likeness (QED) is 0.848. The number of carbonyl (C=O) groups excluding carboxylic acids is 1. The maximum absolute atomic E-state index is 11.4. The van der Waals surface area contributed by atoms with Crippen LogP contribution in [0.2, 0.25) is 0 Å². The Labute approximate surface area is 139 Å². The highest BCUT2D eigenvalue weighted by Crippen LogP contribution is 2.11. The molecular weight excluding hydrogens is 292 g/mol. The van der Waals surface area contributed by atoms with E-state index in [1.807, 2.05) is 59.1 Å². The SMILES string of the molecule is CN(C)CCOc1ccc(C#CCNC(=O)OC(C)(C)C)cc1. The summed E-state index contributed by atoms with van der Waals surface area (Å²) in [5.41, 5.74) is 0.371. The first-order chi connectivity index (χ1) is 10.8. The number of hydrogen-bond acceptors (Lipinski definition) is 4. The van der Waals surface area contributed by atoms with Gasteiger partial charge in [0.05, 0.1) is 6.54 Å². The van der Waals surface area contributed by atoms with Crippen molar-refractivity contribution in [2.45, 2.75) is 26.4 Å². The zero-order chi connectivity index (χ0) is 17.3. The van der Waals surface area contributed by atoms with E-state index in [9.17, 15) is 4.79 Å².